The lowest BCUT2D eigenvalue weighted by Gasteiger charge is -2.38. The molecule has 0 radical (unpaired) electrons. The van der Waals surface area contributed by atoms with E-state index in [1.807, 2.05) is 20.8 Å². The highest BCUT2D eigenvalue weighted by atomic mass is 32.2. The molecule has 0 aromatic heterocycles. The molecule has 21 heavy (non-hydrogen) atoms. The van der Waals surface area contributed by atoms with Crippen LogP contribution < -0.4 is 0 Å². The first-order valence-corrected chi connectivity index (χ1v) is 9.26. The smallest absolute Gasteiger partial charge is 0.240 e. The van der Waals surface area contributed by atoms with Crippen molar-refractivity contribution in [1.29, 1.82) is 0 Å². The van der Waals surface area contributed by atoms with Crippen LogP contribution in [0.3, 0.4) is 0 Å². The molecule has 1 aliphatic heterocycles. The second kappa shape index (κ2) is 6.62. The normalized spacial score (nSPS) is 21.1. The Morgan fingerprint density at radius 2 is 1.67 bits per heavy atom. The van der Waals surface area contributed by atoms with Gasteiger partial charge in [-0.25, -0.2) is 8.42 Å². The molecule has 1 rings (SSSR count). The van der Waals surface area contributed by atoms with Gasteiger partial charge in [0.25, 0.3) is 0 Å². The molecule has 124 valence electrons. The van der Waals surface area contributed by atoms with E-state index in [9.17, 15) is 18.3 Å². The van der Waals surface area contributed by atoms with Crippen LogP contribution in [0.2, 0.25) is 0 Å². The molecule has 1 amide bonds. The van der Waals surface area contributed by atoms with Gasteiger partial charge < -0.3 is 10.0 Å². The van der Waals surface area contributed by atoms with Gasteiger partial charge in [0.15, 0.2) is 9.84 Å². The zero-order chi connectivity index (χ0) is 16.4. The van der Waals surface area contributed by atoms with Gasteiger partial charge in [-0.3, -0.25) is 9.69 Å². The Morgan fingerprint density at radius 1 is 1.19 bits per heavy atom. The van der Waals surface area contributed by atoms with Crippen molar-refractivity contribution in [3.8, 4) is 0 Å². The monoisotopic (exact) mass is 320 g/mol. The average Bonchev–Trinajstić information content (AvgIpc) is 2.35. The van der Waals surface area contributed by atoms with E-state index in [-0.39, 0.29) is 11.3 Å². The molecule has 0 aromatic rings. The Balaban J connectivity index is 2.51. The number of nitrogens with zero attached hydrogens (tertiary/aromatic N) is 2. The van der Waals surface area contributed by atoms with E-state index < -0.39 is 21.2 Å². The van der Waals surface area contributed by atoms with E-state index in [0.29, 0.717) is 32.7 Å². The Labute approximate surface area is 128 Å². The summed E-state index contributed by atoms with van der Waals surface area (Å²) in [5.41, 5.74) is -0.169. The van der Waals surface area contributed by atoms with Crippen molar-refractivity contribution in [2.24, 2.45) is 5.41 Å². The highest BCUT2D eigenvalue weighted by Crippen LogP contribution is 2.20. The number of sulfone groups is 1. The summed E-state index contributed by atoms with van der Waals surface area (Å²) in [7, 11) is -3.35. The van der Waals surface area contributed by atoms with Gasteiger partial charge in [-0.2, -0.15) is 0 Å². The first kappa shape index (κ1) is 18.4. The van der Waals surface area contributed by atoms with Crippen LogP contribution in [0.15, 0.2) is 0 Å². The van der Waals surface area contributed by atoms with Gasteiger partial charge in [-0.05, 0) is 12.3 Å². The number of carbonyl (C=O) groups is 1. The van der Waals surface area contributed by atoms with Crippen LogP contribution in [0.4, 0.5) is 0 Å². The fourth-order valence-corrected chi connectivity index (χ4v) is 2.62. The van der Waals surface area contributed by atoms with E-state index in [0.717, 1.165) is 6.26 Å². The van der Waals surface area contributed by atoms with Crippen LogP contribution >= 0.6 is 0 Å². The molecule has 1 heterocycles. The minimum atomic E-state index is -3.35. The van der Waals surface area contributed by atoms with Gasteiger partial charge in [0.2, 0.25) is 5.91 Å². The highest BCUT2D eigenvalue weighted by Gasteiger charge is 2.31. The van der Waals surface area contributed by atoms with Crippen LogP contribution in [0.1, 0.15) is 27.7 Å². The maximum atomic E-state index is 12.1. The topological polar surface area (TPSA) is 77.9 Å². The summed E-state index contributed by atoms with van der Waals surface area (Å²) in [5.74, 6) is -0.325. The number of β-amino-alcohol motifs (C(OH)–C–C–N with tert-alkyl or cyclic N) is 1. The van der Waals surface area contributed by atoms with Crippen molar-refractivity contribution in [2.75, 3.05) is 39.0 Å². The molecule has 1 N–H and O–H groups in total. The molecule has 0 saturated carbocycles. The molecule has 6 nitrogen and oxygen atoms in total. The number of carbonyl (C=O) groups excluding carboxylic acids is 1. The van der Waals surface area contributed by atoms with Crippen molar-refractivity contribution in [3.05, 3.63) is 0 Å². The van der Waals surface area contributed by atoms with Gasteiger partial charge in [0.05, 0.1) is 6.10 Å². The molecule has 0 aliphatic carbocycles. The number of amides is 1. The molecular formula is C14H28N2O4S. The summed E-state index contributed by atoms with van der Waals surface area (Å²) >= 11 is 0. The van der Waals surface area contributed by atoms with E-state index in [2.05, 4.69) is 4.90 Å². The van der Waals surface area contributed by atoms with E-state index in [1.54, 1.807) is 4.90 Å². The van der Waals surface area contributed by atoms with Gasteiger partial charge in [-0.1, -0.05) is 20.8 Å². The lowest BCUT2D eigenvalue weighted by molar-refractivity contribution is -0.132. The first-order chi connectivity index (χ1) is 9.43. The summed E-state index contributed by atoms with van der Waals surface area (Å²) < 4.78 is 22.9. The zero-order valence-electron chi connectivity index (χ0n) is 13.7. The number of piperazine rings is 1. The molecule has 1 fully saturated rings. The first-order valence-electron chi connectivity index (χ1n) is 7.31. The van der Waals surface area contributed by atoms with Crippen molar-refractivity contribution < 1.29 is 18.3 Å². The lowest BCUT2D eigenvalue weighted by Crippen LogP contribution is -2.54. The SMILES string of the molecule is C[C@H](C(=O)N1CCN(C[C@H](O)C(C)(C)C)CC1)S(C)(=O)=O. The second-order valence-corrected chi connectivity index (χ2v) is 9.35. The minimum absolute atomic E-state index is 0.169. The van der Waals surface area contributed by atoms with Crippen LogP contribution in [-0.2, 0) is 14.6 Å². The number of rotatable bonds is 4. The zero-order valence-corrected chi connectivity index (χ0v) is 14.5. The van der Waals surface area contributed by atoms with Crippen LogP contribution in [0.5, 0.6) is 0 Å². The van der Waals surface area contributed by atoms with Crippen LogP contribution in [-0.4, -0.2) is 79.6 Å². The third-order valence-electron chi connectivity index (χ3n) is 4.10. The Kier molecular flexibility index (Phi) is 5.80. The Morgan fingerprint density at radius 3 is 2.05 bits per heavy atom. The second-order valence-electron chi connectivity index (χ2n) is 6.98. The molecule has 2 atom stereocenters. The molecule has 0 aromatic carbocycles. The standard InChI is InChI=1S/C14H28N2O4S/c1-11(21(5,19)20)13(18)16-8-6-15(7-9-16)10-12(17)14(2,3)4/h11-12,17H,6-10H2,1-5H3/t11-,12+/m1/s1. The summed E-state index contributed by atoms with van der Waals surface area (Å²) in [6.07, 6.45) is 0.667. The van der Waals surface area contributed by atoms with Crippen LogP contribution in [0, 0.1) is 5.41 Å². The third kappa shape index (κ3) is 5.23. The molecule has 0 spiro atoms. The molecule has 1 saturated heterocycles. The van der Waals surface area contributed by atoms with E-state index in [4.69, 9.17) is 0 Å². The summed E-state index contributed by atoms with van der Waals surface area (Å²) in [6.45, 7) is 10.3. The third-order valence-corrected chi connectivity index (χ3v) is 5.59. The molecule has 7 heteroatoms. The summed E-state index contributed by atoms with van der Waals surface area (Å²) in [6, 6.07) is 0. The molecule has 1 aliphatic rings. The minimum Gasteiger partial charge on any atom is -0.391 e. The summed E-state index contributed by atoms with van der Waals surface area (Å²) in [4.78, 5) is 15.8. The largest absolute Gasteiger partial charge is 0.391 e. The maximum absolute atomic E-state index is 12.1. The highest BCUT2D eigenvalue weighted by molar-refractivity contribution is 7.92. The molecular weight excluding hydrogens is 292 g/mol. The van der Waals surface area contributed by atoms with Gasteiger partial charge in [0, 0.05) is 39.0 Å². The quantitative estimate of drug-likeness (QED) is 0.787. The van der Waals surface area contributed by atoms with E-state index in [1.165, 1.54) is 6.92 Å². The van der Waals surface area contributed by atoms with E-state index >= 15 is 0 Å². The Hall–Kier alpha value is -0.660. The van der Waals surface area contributed by atoms with Crippen molar-refractivity contribution >= 4 is 15.7 Å². The van der Waals surface area contributed by atoms with Gasteiger partial charge in [0.1, 0.15) is 5.25 Å². The predicted molar refractivity (Wildman–Crippen MR) is 82.8 cm³/mol. The van der Waals surface area contributed by atoms with Gasteiger partial charge >= 0.3 is 0 Å². The number of aliphatic hydroxyl groups is 1. The average molecular weight is 320 g/mol. The fraction of sp³-hybridized carbons (Fsp3) is 0.929. The summed E-state index contributed by atoms with van der Waals surface area (Å²) in [5, 5.41) is 9.12. The Bertz CT molecular complexity index is 462. The van der Waals surface area contributed by atoms with Crippen molar-refractivity contribution in [1.82, 2.24) is 9.80 Å². The maximum Gasteiger partial charge on any atom is 0.240 e. The lowest BCUT2D eigenvalue weighted by atomic mass is 9.89. The number of hydrogen-bond donors (Lipinski definition) is 1. The fourth-order valence-electron chi connectivity index (χ4n) is 2.11. The predicted octanol–water partition coefficient (Wildman–Crippen LogP) is -0.0293. The molecule has 0 unspecified atom stereocenters. The number of hydrogen-bond acceptors (Lipinski definition) is 5. The molecule has 0 bridgehead atoms. The van der Waals surface area contributed by atoms with Crippen LogP contribution in [0.25, 0.3) is 0 Å². The van der Waals surface area contributed by atoms with Gasteiger partial charge in [-0.15, -0.1) is 0 Å². The van der Waals surface area contributed by atoms with Crippen molar-refractivity contribution in [2.45, 2.75) is 39.0 Å². The number of aliphatic hydroxyl groups excluding tert-OH is 1. The van der Waals surface area contributed by atoms with Crippen molar-refractivity contribution in [3.63, 3.8) is 0 Å².